The van der Waals surface area contributed by atoms with Gasteiger partial charge in [0.25, 0.3) is 0 Å². The van der Waals surface area contributed by atoms with Crippen LogP contribution in [0.15, 0.2) is 194 Å². The van der Waals surface area contributed by atoms with E-state index in [1.807, 2.05) is 12.4 Å². The molecule has 0 radical (unpaired) electrons. The fourth-order valence-electron chi connectivity index (χ4n) is 8.30. The molecule has 3 heteroatoms. The molecular weight excluding hydrogens is 621 g/mol. The fourth-order valence-corrected chi connectivity index (χ4v) is 13.0. The minimum Gasteiger partial charge on any atom is -0.299 e. The number of hydrogen-bond donors (Lipinski definition) is 0. The molecule has 0 bridgehead atoms. The summed E-state index contributed by atoms with van der Waals surface area (Å²) in [4.78, 5) is 4.66. The maximum Gasteiger partial charge on any atom is 0.179 e. The van der Waals surface area contributed by atoms with Gasteiger partial charge < -0.3 is 0 Å². The lowest BCUT2D eigenvalue weighted by molar-refractivity contribution is 1.09. The van der Waals surface area contributed by atoms with Gasteiger partial charge in [0.15, 0.2) is 8.07 Å². The second-order valence-corrected chi connectivity index (χ2v) is 17.0. The Hall–Kier alpha value is -6.29. The van der Waals surface area contributed by atoms with Gasteiger partial charge in [-0.2, -0.15) is 0 Å². The van der Waals surface area contributed by atoms with E-state index in [2.05, 4.69) is 192 Å². The Morgan fingerprint density at radius 3 is 1.62 bits per heavy atom. The highest BCUT2D eigenvalue weighted by Gasteiger charge is 2.41. The van der Waals surface area contributed by atoms with Crippen LogP contribution >= 0.6 is 0 Å². The number of benzene rings is 9. The lowest BCUT2D eigenvalue weighted by atomic mass is 9.90. The van der Waals surface area contributed by atoms with Crippen LogP contribution < -0.4 is 20.7 Å². The molecule has 10 aromatic rings. The minimum atomic E-state index is -2.72. The summed E-state index contributed by atoms with van der Waals surface area (Å²) in [5, 5.41) is 13.3. The van der Waals surface area contributed by atoms with E-state index in [0.29, 0.717) is 0 Å². The number of nitrogens with zero attached hydrogens (tertiary/aromatic N) is 2. The molecule has 10 rings (SSSR count). The third-order valence-electron chi connectivity index (χ3n) is 10.6. The quantitative estimate of drug-likeness (QED) is 0.0997. The molecule has 0 atom stereocenters. The highest BCUT2D eigenvalue weighted by atomic mass is 28.3. The van der Waals surface area contributed by atoms with Gasteiger partial charge in [0.2, 0.25) is 0 Å². The van der Waals surface area contributed by atoms with E-state index in [1.165, 1.54) is 64.2 Å². The Balaban J connectivity index is 1.16. The van der Waals surface area contributed by atoms with Crippen LogP contribution in [0, 0.1) is 0 Å². The molecule has 1 heterocycles. The molecule has 0 fully saturated rings. The summed E-state index contributed by atoms with van der Waals surface area (Å²) in [6.07, 6.45) is 1.93. The van der Waals surface area contributed by atoms with Crippen LogP contribution in [0.5, 0.6) is 0 Å². The summed E-state index contributed by atoms with van der Waals surface area (Å²) in [5.41, 5.74) is 5.72. The monoisotopic (exact) mass is 652 g/mol. The van der Waals surface area contributed by atoms with Gasteiger partial charge in [-0.25, -0.2) is 4.98 Å². The van der Waals surface area contributed by atoms with Crippen LogP contribution in [-0.2, 0) is 0 Å². The Bertz CT molecular complexity index is 2730. The Morgan fingerprint density at radius 1 is 0.400 bits per heavy atom. The van der Waals surface area contributed by atoms with Crippen molar-refractivity contribution in [2.75, 3.05) is 0 Å². The first-order chi connectivity index (χ1) is 24.8. The van der Waals surface area contributed by atoms with Crippen molar-refractivity contribution < 1.29 is 0 Å². The first kappa shape index (κ1) is 28.7. The molecule has 0 spiro atoms. The fraction of sp³-hybridized carbons (Fsp3) is 0. The van der Waals surface area contributed by atoms with E-state index in [4.69, 9.17) is 0 Å². The Morgan fingerprint density at radius 2 is 0.940 bits per heavy atom. The number of fused-ring (bicyclic) bond motifs is 1. The summed E-state index contributed by atoms with van der Waals surface area (Å²) in [7, 11) is -2.72. The van der Waals surface area contributed by atoms with Crippen LogP contribution in [0.4, 0.5) is 0 Å². The standard InChI is InChI=1S/C47H32N2Si/c1-3-12-38(13-4-1)50(39-14-5-2-6-15-39,41-28-24-37(25-29-41)49-32-48-44-16-7-8-17-45(44)49)40-26-20-33(21-27-40)42-30-22-36-19-18-34-10-9-11-35-23-31-43(42)47(36)46(34)35/h1-32H. The van der Waals surface area contributed by atoms with E-state index < -0.39 is 8.07 Å². The van der Waals surface area contributed by atoms with Crippen molar-refractivity contribution in [1.82, 2.24) is 9.55 Å². The van der Waals surface area contributed by atoms with E-state index in [-0.39, 0.29) is 0 Å². The molecule has 0 N–H and O–H groups in total. The SMILES string of the molecule is c1ccc([Si](c2ccccc2)(c2ccc(-c3ccc4ccc5cccc6ccc3c4c56)cc2)c2ccc(-n3cnc4ccccc43)cc2)cc1. The van der Waals surface area contributed by atoms with Gasteiger partial charge in [0, 0.05) is 5.69 Å². The molecule has 0 aliphatic heterocycles. The molecule has 0 aliphatic carbocycles. The van der Waals surface area contributed by atoms with E-state index in [9.17, 15) is 0 Å². The first-order valence-corrected chi connectivity index (χ1v) is 19.2. The third kappa shape index (κ3) is 4.30. The van der Waals surface area contributed by atoms with Crippen LogP contribution in [0.2, 0.25) is 0 Å². The maximum atomic E-state index is 4.66. The third-order valence-corrected chi connectivity index (χ3v) is 15.4. The molecule has 9 aromatic carbocycles. The van der Waals surface area contributed by atoms with E-state index >= 15 is 0 Å². The molecule has 234 valence electrons. The Kier molecular flexibility index (Phi) is 6.55. The van der Waals surface area contributed by atoms with Gasteiger partial charge in [-0.1, -0.05) is 164 Å². The Labute approximate surface area is 291 Å². The zero-order valence-corrected chi connectivity index (χ0v) is 28.4. The normalized spacial score (nSPS) is 12.0. The van der Waals surface area contributed by atoms with Crippen LogP contribution in [0.3, 0.4) is 0 Å². The molecule has 0 amide bonds. The highest BCUT2D eigenvalue weighted by molar-refractivity contribution is 7.19. The molecule has 0 saturated heterocycles. The zero-order chi connectivity index (χ0) is 33.1. The van der Waals surface area contributed by atoms with Gasteiger partial charge in [0.05, 0.1) is 11.0 Å². The number of rotatable bonds is 6. The average molecular weight is 653 g/mol. The van der Waals surface area contributed by atoms with Crippen LogP contribution in [-0.4, -0.2) is 17.6 Å². The molecule has 1 aromatic heterocycles. The van der Waals surface area contributed by atoms with Crippen LogP contribution in [0.25, 0.3) is 60.2 Å². The lowest BCUT2D eigenvalue weighted by Crippen LogP contribution is -2.74. The predicted molar refractivity (Wildman–Crippen MR) is 214 cm³/mol. The number of hydrogen-bond acceptors (Lipinski definition) is 1. The molecule has 50 heavy (non-hydrogen) atoms. The van der Waals surface area contributed by atoms with Crippen molar-refractivity contribution in [3.05, 3.63) is 194 Å². The zero-order valence-electron chi connectivity index (χ0n) is 27.4. The summed E-state index contributed by atoms with van der Waals surface area (Å²) in [5.74, 6) is 0. The number of aromatic nitrogens is 2. The van der Waals surface area contributed by atoms with Crippen molar-refractivity contribution in [2.24, 2.45) is 0 Å². The topological polar surface area (TPSA) is 17.8 Å². The molecular formula is C47H32N2Si. The van der Waals surface area contributed by atoms with Crippen LogP contribution in [0.1, 0.15) is 0 Å². The molecule has 0 unspecified atom stereocenters. The van der Waals surface area contributed by atoms with Gasteiger partial charge in [0.1, 0.15) is 6.33 Å². The van der Waals surface area contributed by atoms with Gasteiger partial charge in [-0.15, -0.1) is 0 Å². The summed E-state index contributed by atoms with van der Waals surface area (Å²) in [6.45, 7) is 0. The second kappa shape index (κ2) is 11.4. The average Bonchev–Trinajstić information content (AvgIpc) is 3.63. The highest BCUT2D eigenvalue weighted by Crippen LogP contribution is 2.39. The lowest BCUT2D eigenvalue weighted by Gasteiger charge is -2.34. The van der Waals surface area contributed by atoms with Gasteiger partial charge >= 0.3 is 0 Å². The molecule has 2 nitrogen and oxygen atoms in total. The summed E-state index contributed by atoms with van der Waals surface area (Å²) in [6, 6.07) is 69.6. The van der Waals surface area contributed by atoms with Crippen molar-refractivity contribution >= 4 is 72.2 Å². The van der Waals surface area contributed by atoms with Crippen molar-refractivity contribution in [3.8, 4) is 16.8 Å². The maximum absolute atomic E-state index is 4.66. The second-order valence-electron chi connectivity index (χ2n) is 13.2. The predicted octanol–water partition coefficient (Wildman–Crippen LogP) is 8.97. The molecule has 0 aliphatic rings. The smallest absolute Gasteiger partial charge is 0.179 e. The molecule has 0 saturated carbocycles. The largest absolute Gasteiger partial charge is 0.299 e. The minimum absolute atomic E-state index is 0.999. The van der Waals surface area contributed by atoms with Crippen molar-refractivity contribution in [2.45, 2.75) is 0 Å². The number of imidazole rings is 1. The van der Waals surface area contributed by atoms with E-state index in [1.54, 1.807) is 0 Å². The van der Waals surface area contributed by atoms with Gasteiger partial charge in [-0.05, 0) is 88.5 Å². The summed E-state index contributed by atoms with van der Waals surface area (Å²) >= 11 is 0. The van der Waals surface area contributed by atoms with E-state index in [0.717, 1.165) is 16.7 Å². The van der Waals surface area contributed by atoms with Gasteiger partial charge in [-0.3, -0.25) is 4.57 Å². The number of para-hydroxylation sites is 2. The summed E-state index contributed by atoms with van der Waals surface area (Å²) < 4.78 is 2.18. The van der Waals surface area contributed by atoms with Crippen molar-refractivity contribution in [3.63, 3.8) is 0 Å². The van der Waals surface area contributed by atoms with Crippen molar-refractivity contribution in [1.29, 1.82) is 0 Å². The first-order valence-electron chi connectivity index (χ1n) is 17.2.